The van der Waals surface area contributed by atoms with Gasteiger partial charge in [-0.25, -0.2) is 9.07 Å². The van der Waals surface area contributed by atoms with Crippen LogP contribution in [0, 0.1) is 5.82 Å². The number of benzene rings is 1. The monoisotopic (exact) mass is 276 g/mol. The van der Waals surface area contributed by atoms with E-state index in [4.69, 9.17) is 5.73 Å². The minimum atomic E-state index is -0.285. The van der Waals surface area contributed by atoms with E-state index in [1.165, 1.54) is 16.8 Å². The molecule has 1 aromatic heterocycles. The molecule has 1 aromatic carbocycles. The van der Waals surface area contributed by atoms with Gasteiger partial charge in [-0.05, 0) is 34.5 Å². The molecule has 1 saturated heterocycles. The van der Waals surface area contributed by atoms with Crippen LogP contribution in [0.4, 0.5) is 10.3 Å². The van der Waals surface area contributed by atoms with E-state index < -0.39 is 0 Å². The van der Waals surface area contributed by atoms with Gasteiger partial charge in [0.15, 0.2) is 0 Å². The van der Waals surface area contributed by atoms with Gasteiger partial charge in [-0.2, -0.15) is 0 Å². The lowest BCUT2D eigenvalue weighted by Gasteiger charge is -2.41. The number of carbonyl (C=O) groups is 1. The molecule has 0 radical (unpaired) electrons. The van der Waals surface area contributed by atoms with Crippen molar-refractivity contribution >= 4 is 11.9 Å². The molecule has 0 bridgehead atoms. The van der Waals surface area contributed by atoms with Gasteiger partial charge in [-0.1, -0.05) is 17.2 Å². The van der Waals surface area contributed by atoms with Gasteiger partial charge in [0.2, 0.25) is 11.9 Å². The maximum atomic E-state index is 12.9. The summed E-state index contributed by atoms with van der Waals surface area (Å²) in [6, 6.07) is 6.18. The molecule has 8 heteroatoms. The van der Waals surface area contributed by atoms with Crippen molar-refractivity contribution in [2.75, 3.05) is 12.3 Å². The van der Waals surface area contributed by atoms with Crippen LogP contribution in [-0.2, 0) is 11.3 Å². The fraction of sp³-hybridized carbons (Fsp3) is 0.333. The number of halogens is 1. The van der Waals surface area contributed by atoms with E-state index in [2.05, 4.69) is 15.5 Å². The molecule has 1 aliphatic heterocycles. The van der Waals surface area contributed by atoms with Crippen molar-refractivity contribution in [3.8, 4) is 0 Å². The Kier molecular flexibility index (Phi) is 3.05. The topological polar surface area (TPSA) is 89.9 Å². The molecule has 20 heavy (non-hydrogen) atoms. The van der Waals surface area contributed by atoms with Crippen LogP contribution in [-0.4, -0.2) is 37.6 Å². The van der Waals surface area contributed by atoms with E-state index in [1.807, 2.05) is 0 Å². The summed E-state index contributed by atoms with van der Waals surface area (Å²) in [5, 5.41) is 10.6. The third-order valence-corrected chi connectivity index (χ3v) is 3.44. The summed E-state index contributed by atoms with van der Waals surface area (Å²) in [5.41, 5.74) is 6.45. The van der Waals surface area contributed by atoms with Crippen LogP contribution in [0.3, 0.4) is 0 Å². The van der Waals surface area contributed by atoms with Crippen LogP contribution in [0.2, 0.25) is 0 Å². The lowest BCUT2D eigenvalue weighted by molar-refractivity contribution is -0.140. The standard InChI is InChI=1S/C12H13FN6O/c13-9-3-1-8(2-4-9)10-5-6-18(10)11(20)7-19-12(14)15-16-17-19/h1-4,10H,5-7H2,(H2,14,15,17). The van der Waals surface area contributed by atoms with Gasteiger partial charge >= 0.3 is 0 Å². The Labute approximate surface area is 114 Å². The zero-order valence-electron chi connectivity index (χ0n) is 10.6. The second-order valence-electron chi connectivity index (χ2n) is 4.64. The first-order valence-electron chi connectivity index (χ1n) is 6.22. The second-order valence-corrected chi connectivity index (χ2v) is 4.64. The second kappa shape index (κ2) is 4.87. The molecule has 0 aliphatic carbocycles. The van der Waals surface area contributed by atoms with Crippen molar-refractivity contribution in [2.24, 2.45) is 0 Å². The quantitative estimate of drug-likeness (QED) is 0.874. The number of nitrogens with zero attached hydrogens (tertiary/aromatic N) is 5. The van der Waals surface area contributed by atoms with Crippen molar-refractivity contribution in [1.82, 2.24) is 25.1 Å². The van der Waals surface area contributed by atoms with Gasteiger partial charge in [-0.15, -0.1) is 0 Å². The first kappa shape index (κ1) is 12.5. The van der Waals surface area contributed by atoms with Crippen molar-refractivity contribution in [3.05, 3.63) is 35.6 Å². The fourth-order valence-corrected chi connectivity index (χ4v) is 2.26. The molecule has 1 atom stereocenters. The average Bonchev–Trinajstić information content (AvgIpc) is 2.76. The Balaban J connectivity index is 1.70. The van der Waals surface area contributed by atoms with Crippen molar-refractivity contribution in [3.63, 3.8) is 0 Å². The van der Waals surface area contributed by atoms with E-state index in [0.717, 1.165) is 12.0 Å². The molecule has 1 fully saturated rings. The SMILES string of the molecule is Nc1nnnn1CC(=O)N1CCC1c1ccc(F)cc1. The summed E-state index contributed by atoms with van der Waals surface area (Å²) in [6.07, 6.45) is 0.864. The smallest absolute Gasteiger partial charge is 0.245 e. The number of rotatable bonds is 3. The van der Waals surface area contributed by atoms with Gasteiger partial charge in [0, 0.05) is 6.54 Å². The zero-order valence-corrected chi connectivity index (χ0v) is 10.6. The molecule has 0 saturated carbocycles. The van der Waals surface area contributed by atoms with E-state index in [1.54, 1.807) is 17.0 Å². The predicted molar refractivity (Wildman–Crippen MR) is 67.7 cm³/mol. The summed E-state index contributed by atoms with van der Waals surface area (Å²) in [5.74, 6) is -0.283. The van der Waals surface area contributed by atoms with Crippen molar-refractivity contribution in [1.29, 1.82) is 0 Å². The van der Waals surface area contributed by atoms with Crippen LogP contribution in [0.15, 0.2) is 24.3 Å². The minimum absolute atomic E-state index is 0.0104. The maximum Gasteiger partial charge on any atom is 0.245 e. The van der Waals surface area contributed by atoms with E-state index in [0.29, 0.717) is 6.54 Å². The highest BCUT2D eigenvalue weighted by Crippen LogP contribution is 2.33. The molecular formula is C12H13FN6O. The minimum Gasteiger partial charge on any atom is -0.367 e. The zero-order chi connectivity index (χ0) is 14.1. The number of hydrogen-bond acceptors (Lipinski definition) is 5. The molecular weight excluding hydrogens is 263 g/mol. The highest BCUT2D eigenvalue weighted by atomic mass is 19.1. The average molecular weight is 276 g/mol. The molecule has 2 aromatic rings. The number of amides is 1. The van der Waals surface area contributed by atoms with Crippen LogP contribution in [0.1, 0.15) is 18.0 Å². The highest BCUT2D eigenvalue weighted by molar-refractivity contribution is 5.77. The van der Waals surface area contributed by atoms with Gasteiger partial charge in [-0.3, -0.25) is 4.79 Å². The van der Waals surface area contributed by atoms with Gasteiger partial charge in [0.05, 0.1) is 6.04 Å². The van der Waals surface area contributed by atoms with Gasteiger partial charge in [0.25, 0.3) is 0 Å². The number of hydrogen-bond donors (Lipinski definition) is 1. The van der Waals surface area contributed by atoms with E-state index >= 15 is 0 Å². The van der Waals surface area contributed by atoms with E-state index in [-0.39, 0.29) is 30.3 Å². The van der Waals surface area contributed by atoms with Crippen LogP contribution in [0.25, 0.3) is 0 Å². The van der Waals surface area contributed by atoms with Crippen LogP contribution < -0.4 is 5.73 Å². The molecule has 2 N–H and O–H groups in total. The largest absolute Gasteiger partial charge is 0.367 e. The molecule has 1 unspecified atom stereocenters. The van der Waals surface area contributed by atoms with Gasteiger partial charge < -0.3 is 10.6 Å². The third-order valence-electron chi connectivity index (χ3n) is 3.44. The first-order chi connectivity index (χ1) is 9.65. The number of tetrazole rings is 1. The predicted octanol–water partition coefficient (Wildman–Crippen LogP) is 0.368. The lowest BCUT2D eigenvalue weighted by atomic mass is 9.94. The normalized spacial score (nSPS) is 17.9. The number of carbonyl (C=O) groups excluding carboxylic acids is 1. The molecule has 3 rings (SSSR count). The molecule has 7 nitrogen and oxygen atoms in total. The Morgan fingerprint density at radius 1 is 1.40 bits per heavy atom. The number of anilines is 1. The Morgan fingerprint density at radius 3 is 2.70 bits per heavy atom. The molecule has 2 heterocycles. The molecule has 104 valence electrons. The number of nitrogens with two attached hydrogens (primary N) is 1. The first-order valence-corrected chi connectivity index (χ1v) is 6.22. The highest BCUT2D eigenvalue weighted by Gasteiger charge is 2.33. The summed E-state index contributed by atoms with van der Waals surface area (Å²) in [6.45, 7) is 0.680. The van der Waals surface area contributed by atoms with Crippen LogP contribution >= 0.6 is 0 Å². The molecule has 1 aliphatic rings. The Morgan fingerprint density at radius 2 is 2.15 bits per heavy atom. The summed E-state index contributed by atoms with van der Waals surface area (Å²) >= 11 is 0. The molecule has 0 spiro atoms. The number of aromatic nitrogens is 4. The van der Waals surface area contributed by atoms with E-state index in [9.17, 15) is 9.18 Å². The van der Waals surface area contributed by atoms with Crippen molar-refractivity contribution in [2.45, 2.75) is 19.0 Å². The summed E-state index contributed by atoms with van der Waals surface area (Å²) < 4.78 is 14.2. The van der Waals surface area contributed by atoms with Crippen LogP contribution in [0.5, 0.6) is 0 Å². The number of nitrogen functional groups attached to an aromatic ring is 1. The Hall–Kier alpha value is -2.51. The lowest BCUT2D eigenvalue weighted by Crippen LogP contribution is -2.46. The Bertz CT molecular complexity index is 625. The number of likely N-dealkylation sites (tertiary alicyclic amines) is 1. The maximum absolute atomic E-state index is 12.9. The molecule has 1 amide bonds. The third kappa shape index (κ3) is 2.20. The fourth-order valence-electron chi connectivity index (χ4n) is 2.26. The van der Waals surface area contributed by atoms with Gasteiger partial charge in [0.1, 0.15) is 12.4 Å². The summed E-state index contributed by atoms with van der Waals surface area (Å²) in [4.78, 5) is 13.9. The van der Waals surface area contributed by atoms with Crippen molar-refractivity contribution < 1.29 is 9.18 Å². The summed E-state index contributed by atoms with van der Waals surface area (Å²) in [7, 11) is 0.